The summed E-state index contributed by atoms with van der Waals surface area (Å²) in [5.74, 6) is 0. The Hall–Kier alpha value is 0.0569. The average molecular weight is 302 g/mol. The standard InChI is InChI=1S/C15H31NO3Si/c1-4-17-20(18-5-2,19-6-3)15-12-13-16(15)14-10-8-7-9-11-14/h14-15H,4-13H2,1-3H3. The summed E-state index contributed by atoms with van der Waals surface area (Å²) in [6.45, 7) is 9.37. The smallest absolute Gasteiger partial charge is 0.373 e. The van der Waals surface area contributed by atoms with Crippen LogP contribution < -0.4 is 0 Å². The minimum Gasteiger partial charge on any atom is -0.373 e. The molecular formula is C15H31NO3Si. The normalized spacial score (nSPS) is 25.6. The van der Waals surface area contributed by atoms with E-state index >= 15 is 0 Å². The van der Waals surface area contributed by atoms with E-state index in [-0.39, 0.29) is 0 Å². The van der Waals surface area contributed by atoms with Crippen LogP contribution in [0.4, 0.5) is 0 Å². The molecule has 118 valence electrons. The maximum Gasteiger partial charge on any atom is 0.519 e. The van der Waals surface area contributed by atoms with Crippen LogP contribution in [0.2, 0.25) is 0 Å². The van der Waals surface area contributed by atoms with Crippen molar-refractivity contribution >= 4 is 8.80 Å². The third-order valence-corrected chi connectivity index (χ3v) is 8.06. The van der Waals surface area contributed by atoms with Gasteiger partial charge in [-0.25, -0.2) is 0 Å². The molecule has 0 spiro atoms. The lowest BCUT2D eigenvalue weighted by atomic mass is 9.92. The van der Waals surface area contributed by atoms with Crippen LogP contribution >= 0.6 is 0 Å². The first-order chi connectivity index (χ1) is 9.77. The molecule has 1 aliphatic carbocycles. The van der Waals surface area contributed by atoms with Gasteiger partial charge in [-0.1, -0.05) is 19.3 Å². The van der Waals surface area contributed by atoms with Crippen LogP contribution in [0.15, 0.2) is 0 Å². The molecule has 0 aromatic heterocycles. The van der Waals surface area contributed by atoms with Gasteiger partial charge >= 0.3 is 8.80 Å². The van der Waals surface area contributed by atoms with Crippen molar-refractivity contribution in [1.82, 2.24) is 4.90 Å². The maximum atomic E-state index is 6.09. The van der Waals surface area contributed by atoms with Crippen molar-refractivity contribution in [3.05, 3.63) is 0 Å². The maximum absolute atomic E-state index is 6.09. The third kappa shape index (κ3) is 3.44. The molecule has 5 heteroatoms. The van der Waals surface area contributed by atoms with Gasteiger partial charge in [0.2, 0.25) is 0 Å². The summed E-state index contributed by atoms with van der Waals surface area (Å²) in [4.78, 5) is 2.63. The molecule has 0 aromatic carbocycles. The van der Waals surface area contributed by atoms with E-state index in [2.05, 4.69) is 4.90 Å². The zero-order valence-corrected chi connectivity index (χ0v) is 14.4. The van der Waals surface area contributed by atoms with Crippen LogP contribution in [0.5, 0.6) is 0 Å². The van der Waals surface area contributed by atoms with Crippen molar-refractivity contribution in [2.75, 3.05) is 26.4 Å². The van der Waals surface area contributed by atoms with Crippen molar-refractivity contribution in [3.8, 4) is 0 Å². The molecule has 4 nitrogen and oxygen atoms in total. The molecule has 1 unspecified atom stereocenters. The molecule has 1 aliphatic heterocycles. The van der Waals surface area contributed by atoms with Gasteiger partial charge < -0.3 is 13.3 Å². The Kier molecular flexibility index (Phi) is 6.48. The predicted octanol–water partition coefficient (Wildman–Crippen LogP) is 2.98. The molecule has 0 N–H and O–H groups in total. The quantitative estimate of drug-likeness (QED) is 0.645. The van der Waals surface area contributed by atoms with Gasteiger partial charge in [0.05, 0.1) is 5.67 Å². The van der Waals surface area contributed by atoms with Gasteiger partial charge in [0, 0.05) is 32.4 Å². The Morgan fingerprint density at radius 1 is 0.850 bits per heavy atom. The molecule has 0 radical (unpaired) electrons. The number of rotatable bonds is 8. The third-order valence-electron chi connectivity index (χ3n) is 4.55. The molecule has 1 atom stereocenters. The summed E-state index contributed by atoms with van der Waals surface area (Å²) in [6.07, 6.45) is 8.00. The molecular weight excluding hydrogens is 270 g/mol. The number of hydrogen-bond acceptors (Lipinski definition) is 4. The van der Waals surface area contributed by atoms with Gasteiger partial charge in [-0.05, 0) is 40.0 Å². The second kappa shape index (κ2) is 7.89. The monoisotopic (exact) mass is 301 g/mol. The Morgan fingerprint density at radius 2 is 1.40 bits per heavy atom. The molecule has 1 saturated carbocycles. The topological polar surface area (TPSA) is 30.9 Å². The predicted molar refractivity (Wildman–Crippen MR) is 82.6 cm³/mol. The molecule has 2 fully saturated rings. The van der Waals surface area contributed by atoms with Gasteiger partial charge in [0.1, 0.15) is 0 Å². The average Bonchev–Trinajstić information content (AvgIpc) is 2.39. The summed E-state index contributed by atoms with van der Waals surface area (Å²) < 4.78 is 18.3. The van der Waals surface area contributed by atoms with Crippen LogP contribution in [0.1, 0.15) is 59.3 Å². The van der Waals surface area contributed by atoms with Gasteiger partial charge in [0.15, 0.2) is 0 Å². The van der Waals surface area contributed by atoms with Crippen molar-refractivity contribution in [3.63, 3.8) is 0 Å². The highest BCUT2D eigenvalue weighted by atomic mass is 28.4. The van der Waals surface area contributed by atoms with E-state index in [1.165, 1.54) is 45.1 Å². The van der Waals surface area contributed by atoms with E-state index in [4.69, 9.17) is 13.3 Å². The van der Waals surface area contributed by atoms with Crippen molar-refractivity contribution in [1.29, 1.82) is 0 Å². The van der Waals surface area contributed by atoms with E-state index < -0.39 is 8.80 Å². The van der Waals surface area contributed by atoms with Crippen LogP contribution in [0.25, 0.3) is 0 Å². The molecule has 1 saturated heterocycles. The van der Waals surface area contributed by atoms with E-state index in [0.29, 0.717) is 25.5 Å². The second-order valence-electron chi connectivity index (χ2n) is 5.74. The van der Waals surface area contributed by atoms with Crippen molar-refractivity contribution < 1.29 is 13.3 Å². The molecule has 0 amide bonds. The van der Waals surface area contributed by atoms with Gasteiger partial charge in [-0.15, -0.1) is 0 Å². The largest absolute Gasteiger partial charge is 0.519 e. The number of nitrogens with zero attached hydrogens (tertiary/aromatic N) is 1. The molecule has 2 aliphatic rings. The van der Waals surface area contributed by atoms with E-state index in [0.717, 1.165) is 6.04 Å². The SMILES string of the molecule is CCO[Si](OCC)(OCC)C1CCN1C1CCCCC1. The fourth-order valence-electron chi connectivity index (χ4n) is 3.65. The molecule has 0 bridgehead atoms. The van der Waals surface area contributed by atoms with Crippen LogP contribution in [-0.4, -0.2) is 51.8 Å². The van der Waals surface area contributed by atoms with Gasteiger partial charge in [-0.2, -0.15) is 0 Å². The molecule has 2 rings (SSSR count). The molecule has 0 aromatic rings. The van der Waals surface area contributed by atoms with Gasteiger partial charge in [0.25, 0.3) is 0 Å². The minimum absolute atomic E-state index is 0.394. The summed E-state index contributed by atoms with van der Waals surface area (Å²) in [7, 11) is -2.53. The molecule has 20 heavy (non-hydrogen) atoms. The van der Waals surface area contributed by atoms with Gasteiger partial charge in [-0.3, -0.25) is 4.90 Å². The van der Waals surface area contributed by atoms with E-state index in [1.54, 1.807) is 0 Å². The first-order valence-electron chi connectivity index (χ1n) is 8.45. The van der Waals surface area contributed by atoms with E-state index in [9.17, 15) is 0 Å². The highest BCUT2D eigenvalue weighted by Crippen LogP contribution is 2.35. The fourth-order valence-corrected chi connectivity index (χ4v) is 6.92. The van der Waals surface area contributed by atoms with Crippen LogP contribution in [0.3, 0.4) is 0 Å². The number of hydrogen-bond donors (Lipinski definition) is 0. The first-order valence-corrected chi connectivity index (χ1v) is 10.2. The van der Waals surface area contributed by atoms with Crippen molar-refractivity contribution in [2.45, 2.75) is 71.0 Å². The number of likely N-dealkylation sites (tertiary alicyclic amines) is 1. The lowest BCUT2D eigenvalue weighted by Gasteiger charge is -2.52. The summed E-state index contributed by atoms with van der Waals surface area (Å²) in [5.41, 5.74) is 0.394. The Morgan fingerprint density at radius 3 is 1.80 bits per heavy atom. The Labute approximate surface area is 125 Å². The summed E-state index contributed by atoms with van der Waals surface area (Å²) in [5, 5.41) is 0. The second-order valence-corrected chi connectivity index (χ2v) is 8.48. The molecule has 1 heterocycles. The lowest BCUT2D eigenvalue weighted by Crippen LogP contribution is -2.70. The fraction of sp³-hybridized carbons (Fsp3) is 1.00. The highest BCUT2D eigenvalue weighted by molar-refractivity contribution is 6.62. The Bertz CT molecular complexity index is 267. The summed E-state index contributed by atoms with van der Waals surface area (Å²) in [6, 6.07) is 0.732. The first kappa shape index (κ1) is 16.4. The minimum atomic E-state index is -2.53. The van der Waals surface area contributed by atoms with E-state index in [1.807, 2.05) is 20.8 Å². The zero-order chi connectivity index (χ0) is 14.4. The van der Waals surface area contributed by atoms with Crippen LogP contribution in [-0.2, 0) is 13.3 Å². The summed E-state index contributed by atoms with van der Waals surface area (Å²) >= 11 is 0. The zero-order valence-electron chi connectivity index (χ0n) is 13.4. The lowest BCUT2D eigenvalue weighted by molar-refractivity contribution is -0.0205. The van der Waals surface area contributed by atoms with Crippen molar-refractivity contribution in [2.24, 2.45) is 0 Å². The Balaban J connectivity index is 2.06. The highest BCUT2D eigenvalue weighted by Gasteiger charge is 2.56. The van der Waals surface area contributed by atoms with Crippen LogP contribution in [0, 0.1) is 0 Å².